The Morgan fingerprint density at radius 1 is 0.889 bits per heavy atom. The van der Waals surface area contributed by atoms with E-state index in [-0.39, 0.29) is 25.6 Å². The Labute approximate surface area is 181 Å². The van der Waals surface area contributed by atoms with E-state index in [1.807, 2.05) is 17.0 Å². The standard InChI is InChI=1S/C19H22Br2N2O3.ClH/c20-13-1-3-18-16(9-13)17-10-14(21)2-4-19(17)23(18)12-15(26)11-22(5-7-24)6-8-25;/h1-4,9-10,15,24-26H,5-8,11-12H2;1H. The quantitative estimate of drug-likeness (QED) is 0.424. The Balaban J connectivity index is 0.00000261. The van der Waals surface area contributed by atoms with Crippen molar-refractivity contribution in [2.24, 2.45) is 0 Å². The van der Waals surface area contributed by atoms with Crippen LogP contribution in [0.25, 0.3) is 21.8 Å². The minimum Gasteiger partial charge on any atom is -0.395 e. The van der Waals surface area contributed by atoms with E-state index in [0.29, 0.717) is 26.2 Å². The summed E-state index contributed by atoms with van der Waals surface area (Å²) in [5.41, 5.74) is 2.13. The molecule has 0 aliphatic rings. The predicted octanol–water partition coefficient (Wildman–Crippen LogP) is 3.39. The second-order valence-electron chi connectivity index (χ2n) is 6.34. The van der Waals surface area contributed by atoms with Crippen LogP contribution in [0, 0.1) is 0 Å². The van der Waals surface area contributed by atoms with Gasteiger partial charge in [0.15, 0.2) is 0 Å². The Morgan fingerprint density at radius 3 is 1.81 bits per heavy atom. The van der Waals surface area contributed by atoms with E-state index >= 15 is 0 Å². The number of hydrogen-bond acceptors (Lipinski definition) is 4. The van der Waals surface area contributed by atoms with Crippen LogP contribution in [-0.2, 0) is 6.54 Å². The van der Waals surface area contributed by atoms with E-state index in [9.17, 15) is 5.11 Å². The summed E-state index contributed by atoms with van der Waals surface area (Å²) in [6, 6.07) is 12.3. The molecule has 3 aromatic rings. The molecule has 8 heteroatoms. The van der Waals surface area contributed by atoms with Gasteiger partial charge in [-0.2, -0.15) is 0 Å². The molecule has 2 aromatic carbocycles. The monoisotopic (exact) mass is 520 g/mol. The van der Waals surface area contributed by atoms with Gasteiger partial charge >= 0.3 is 0 Å². The Kier molecular flexibility index (Phi) is 8.55. The molecule has 0 saturated carbocycles. The average molecular weight is 523 g/mol. The number of benzene rings is 2. The van der Waals surface area contributed by atoms with Gasteiger partial charge in [-0.05, 0) is 36.4 Å². The Morgan fingerprint density at radius 2 is 1.37 bits per heavy atom. The zero-order valence-corrected chi connectivity index (χ0v) is 18.7. The van der Waals surface area contributed by atoms with Crippen LogP contribution in [0.15, 0.2) is 45.3 Å². The van der Waals surface area contributed by atoms with E-state index in [2.05, 4.69) is 60.7 Å². The lowest BCUT2D eigenvalue weighted by atomic mass is 10.2. The fourth-order valence-corrected chi connectivity index (χ4v) is 4.11. The summed E-state index contributed by atoms with van der Waals surface area (Å²) in [5.74, 6) is 0. The molecule has 148 valence electrons. The molecular formula is C19H23Br2ClN2O3. The molecule has 1 heterocycles. The normalized spacial score (nSPS) is 12.7. The number of halogens is 3. The van der Waals surface area contributed by atoms with Gasteiger partial charge in [0, 0.05) is 50.4 Å². The predicted molar refractivity (Wildman–Crippen MR) is 119 cm³/mol. The van der Waals surface area contributed by atoms with Crippen molar-refractivity contribution in [2.75, 3.05) is 32.8 Å². The van der Waals surface area contributed by atoms with Crippen LogP contribution in [-0.4, -0.2) is 63.7 Å². The highest BCUT2D eigenvalue weighted by Crippen LogP contribution is 2.33. The molecule has 0 saturated heterocycles. The number of aliphatic hydroxyl groups excluding tert-OH is 3. The van der Waals surface area contributed by atoms with Crippen molar-refractivity contribution < 1.29 is 15.3 Å². The first-order chi connectivity index (χ1) is 12.5. The molecule has 0 aliphatic carbocycles. The molecule has 1 aromatic heterocycles. The molecule has 0 aliphatic heterocycles. The van der Waals surface area contributed by atoms with Gasteiger partial charge in [-0.3, -0.25) is 4.90 Å². The van der Waals surface area contributed by atoms with Gasteiger partial charge in [0.1, 0.15) is 0 Å². The van der Waals surface area contributed by atoms with E-state index in [1.54, 1.807) is 0 Å². The average Bonchev–Trinajstić information content (AvgIpc) is 2.88. The van der Waals surface area contributed by atoms with Crippen LogP contribution in [0.1, 0.15) is 0 Å². The Bertz CT molecular complexity index is 838. The van der Waals surface area contributed by atoms with Crippen LogP contribution in [0.3, 0.4) is 0 Å². The van der Waals surface area contributed by atoms with Gasteiger partial charge in [0.25, 0.3) is 0 Å². The van der Waals surface area contributed by atoms with Gasteiger partial charge in [-0.1, -0.05) is 31.9 Å². The fourth-order valence-electron chi connectivity index (χ4n) is 3.39. The maximum atomic E-state index is 10.6. The number of fused-ring (bicyclic) bond motifs is 3. The van der Waals surface area contributed by atoms with E-state index < -0.39 is 6.10 Å². The third-order valence-corrected chi connectivity index (χ3v) is 5.47. The van der Waals surface area contributed by atoms with Crippen molar-refractivity contribution in [3.05, 3.63) is 45.3 Å². The van der Waals surface area contributed by atoms with Crippen molar-refractivity contribution >= 4 is 66.1 Å². The van der Waals surface area contributed by atoms with Gasteiger partial charge in [0.2, 0.25) is 0 Å². The highest BCUT2D eigenvalue weighted by Gasteiger charge is 2.16. The van der Waals surface area contributed by atoms with Crippen LogP contribution < -0.4 is 0 Å². The van der Waals surface area contributed by atoms with E-state index in [1.165, 1.54) is 0 Å². The third-order valence-electron chi connectivity index (χ3n) is 4.48. The summed E-state index contributed by atoms with van der Waals surface area (Å²) in [7, 11) is 0. The first-order valence-electron chi connectivity index (χ1n) is 8.52. The largest absolute Gasteiger partial charge is 0.395 e. The van der Waals surface area contributed by atoms with Gasteiger partial charge in [-0.25, -0.2) is 0 Å². The number of hydrogen-bond donors (Lipinski definition) is 3. The summed E-state index contributed by atoms with van der Waals surface area (Å²) in [6.45, 7) is 1.72. The van der Waals surface area contributed by atoms with Gasteiger partial charge in [0.05, 0.1) is 25.9 Å². The zero-order chi connectivity index (χ0) is 18.7. The summed E-state index contributed by atoms with van der Waals surface area (Å²) in [4.78, 5) is 1.87. The maximum Gasteiger partial charge on any atom is 0.0846 e. The van der Waals surface area contributed by atoms with Crippen LogP contribution >= 0.6 is 44.3 Å². The van der Waals surface area contributed by atoms with Crippen molar-refractivity contribution in [1.29, 1.82) is 0 Å². The highest BCUT2D eigenvalue weighted by atomic mass is 79.9. The number of aliphatic hydroxyl groups is 3. The molecule has 27 heavy (non-hydrogen) atoms. The lowest BCUT2D eigenvalue weighted by Gasteiger charge is -2.24. The van der Waals surface area contributed by atoms with E-state index in [4.69, 9.17) is 10.2 Å². The maximum absolute atomic E-state index is 10.6. The van der Waals surface area contributed by atoms with Gasteiger partial charge in [-0.15, -0.1) is 12.4 Å². The second-order valence-corrected chi connectivity index (χ2v) is 8.17. The van der Waals surface area contributed by atoms with Gasteiger partial charge < -0.3 is 19.9 Å². The van der Waals surface area contributed by atoms with Crippen LogP contribution in [0.4, 0.5) is 0 Å². The zero-order valence-electron chi connectivity index (χ0n) is 14.7. The Hall–Kier alpha value is -0.670. The van der Waals surface area contributed by atoms with Crippen molar-refractivity contribution in [3.8, 4) is 0 Å². The molecule has 0 fully saturated rings. The lowest BCUT2D eigenvalue weighted by Crippen LogP contribution is -2.38. The minimum absolute atomic E-state index is 0. The minimum atomic E-state index is -0.612. The molecular weight excluding hydrogens is 499 g/mol. The SMILES string of the molecule is Cl.OCCN(CCO)CC(O)Cn1c2ccc(Br)cc2c2cc(Br)ccc21. The summed E-state index contributed by atoms with van der Waals surface area (Å²) < 4.78 is 4.16. The summed E-state index contributed by atoms with van der Waals surface area (Å²) >= 11 is 7.08. The number of nitrogens with zero attached hydrogens (tertiary/aromatic N) is 2. The molecule has 0 bridgehead atoms. The van der Waals surface area contributed by atoms with E-state index in [0.717, 1.165) is 30.8 Å². The van der Waals surface area contributed by atoms with Crippen LogP contribution in [0.2, 0.25) is 0 Å². The topological polar surface area (TPSA) is 68.9 Å². The highest BCUT2D eigenvalue weighted by molar-refractivity contribution is 9.10. The third kappa shape index (κ3) is 5.23. The number of aromatic nitrogens is 1. The molecule has 1 unspecified atom stereocenters. The summed E-state index contributed by atoms with van der Waals surface area (Å²) in [6.07, 6.45) is -0.612. The lowest BCUT2D eigenvalue weighted by molar-refractivity contribution is 0.0787. The number of rotatable bonds is 8. The molecule has 3 N–H and O–H groups in total. The fraction of sp³-hybridized carbons (Fsp3) is 0.368. The molecule has 0 amide bonds. The summed E-state index contributed by atoms with van der Waals surface area (Å²) in [5, 5.41) is 31.2. The van der Waals surface area contributed by atoms with Crippen molar-refractivity contribution in [2.45, 2.75) is 12.6 Å². The molecule has 1 atom stereocenters. The van der Waals surface area contributed by atoms with Crippen molar-refractivity contribution in [3.63, 3.8) is 0 Å². The second kappa shape index (κ2) is 10.2. The first kappa shape index (κ1) is 22.6. The first-order valence-corrected chi connectivity index (χ1v) is 10.1. The molecule has 3 rings (SSSR count). The molecule has 5 nitrogen and oxygen atoms in total. The van der Waals surface area contributed by atoms with Crippen molar-refractivity contribution in [1.82, 2.24) is 9.47 Å². The molecule has 0 spiro atoms. The van der Waals surface area contributed by atoms with Crippen LogP contribution in [0.5, 0.6) is 0 Å². The molecule has 0 radical (unpaired) electrons. The smallest absolute Gasteiger partial charge is 0.0846 e.